The molecule has 0 bridgehead atoms. The summed E-state index contributed by atoms with van der Waals surface area (Å²) in [5, 5.41) is 15.8. The molecule has 0 atom stereocenters. The standard InChI is InChI=1S/C18H22.C4H6O4/c1(5-11-17-13-7-3-8-14-17)2-6-12-18-15-9-4-10-16-18;5-3(6)1-2-4(7)8/h3-4,7-10,13-16H,1-2,5-6,11-12H2;1-2H2,(H,5,6)(H,7,8). The van der Waals surface area contributed by atoms with Crippen molar-refractivity contribution in [1.82, 2.24) is 0 Å². The second kappa shape index (κ2) is 13.6. The van der Waals surface area contributed by atoms with E-state index in [4.69, 9.17) is 10.2 Å². The number of aryl methyl sites for hydroxylation is 2. The minimum atomic E-state index is -1.08. The summed E-state index contributed by atoms with van der Waals surface area (Å²) in [6, 6.07) is 21.6. The molecular formula is C22H28O4. The summed E-state index contributed by atoms with van der Waals surface area (Å²) in [6.45, 7) is 0. The van der Waals surface area contributed by atoms with E-state index in [1.165, 1.54) is 49.7 Å². The van der Waals surface area contributed by atoms with Crippen LogP contribution in [0.4, 0.5) is 0 Å². The molecule has 0 unspecified atom stereocenters. The Labute approximate surface area is 155 Å². The van der Waals surface area contributed by atoms with E-state index in [1.54, 1.807) is 0 Å². The van der Waals surface area contributed by atoms with Crippen LogP contribution in [0.1, 0.15) is 49.7 Å². The molecule has 2 aromatic rings. The second-order valence-corrected chi connectivity index (χ2v) is 6.17. The van der Waals surface area contributed by atoms with Gasteiger partial charge in [-0.25, -0.2) is 0 Å². The average Bonchev–Trinajstić information content (AvgIpc) is 2.65. The van der Waals surface area contributed by atoms with Gasteiger partial charge < -0.3 is 10.2 Å². The highest BCUT2D eigenvalue weighted by molar-refractivity contribution is 5.75. The molecule has 2 N–H and O–H groups in total. The van der Waals surface area contributed by atoms with Crippen molar-refractivity contribution in [1.29, 1.82) is 0 Å². The number of benzene rings is 2. The second-order valence-electron chi connectivity index (χ2n) is 6.17. The van der Waals surface area contributed by atoms with E-state index in [-0.39, 0.29) is 12.8 Å². The maximum atomic E-state index is 9.64. The normalized spacial score (nSPS) is 9.85. The minimum absolute atomic E-state index is 0.296. The first kappa shape index (κ1) is 21.4. The van der Waals surface area contributed by atoms with Gasteiger partial charge in [0.15, 0.2) is 0 Å². The Balaban J connectivity index is 0.000000359. The summed E-state index contributed by atoms with van der Waals surface area (Å²) in [5.41, 5.74) is 2.95. The fourth-order valence-corrected chi connectivity index (χ4v) is 2.52. The third kappa shape index (κ3) is 11.8. The number of carbonyl (C=O) groups is 2. The van der Waals surface area contributed by atoms with Crippen LogP contribution in [-0.4, -0.2) is 22.2 Å². The predicted molar refractivity (Wildman–Crippen MR) is 103 cm³/mol. The Bertz CT molecular complexity index is 566. The van der Waals surface area contributed by atoms with Gasteiger partial charge in [-0.15, -0.1) is 0 Å². The number of carboxylic acid groups (broad SMARTS) is 2. The van der Waals surface area contributed by atoms with E-state index < -0.39 is 11.9 Å². The van der Waals surface area contributed by atoms with Gasteiger partial charge in [-0.2, -0.15) is 0 Å². The molecule has 26 heavy (non-hydrogen) atoms. The van der Waals surface area contributed by atoms with Crippen molar-refractivity contribution < 1.29 is 19.8 Å². The van der Waals surface area contributed by atoms with E-state index >= 15 is 0 Å². The van der Waals surface area contributed by atoms with Crippen LogP contribution in [0.2, 0.25) is 0 Å². The highest BCUT2D eigenvalue weighted by Crippen LogP contribution is 2.10. The molecule has 0 spiro atoms. The van der Waals surface area contributed by atoms with Crippen LogP contribution in [0.5, 0.6) is 0 Å². The molecular weight excluding hydrogens is 328 g/mol. The Morgan fingerprint density at radius 2 is 0.923 bits per heavy atom. The summed E-state index contributed by atoms with van der Waals surface area (Å²) in [6.07, 6.45) is 7.20. The summed E-state index contributed by atoms with van der Waals surface area (Å²) in [7, 11) is 0. The van der Waals surface area contributed by atoms with E-state index in [1.807, 2.05) is 0 Å². The van der Waals surface area contributed by atoms with Crippen molar-refractivity contribution >= 4 is 11.9 Å². The molecule has 4 heteroatoms. The van der Waals surface area contributed by atoms with Gasteiger partial charge in [0.05, 0.1) is 12.8 Å². The van der Waals surface area contributed by atoms with E-state index in [0.717, 1.165) is 0 Å². The smallest absolute Gasteiger partial charge is 0.303 e. The van der Waals surface area contributed by atoms with Crippen molar-refractivity contribution in [2.45, 2.75) is 51.4 Å². The predicted octanol–water partition coefficient (Wildman–Crippen LogP) is 4.97. The van der Waals surface area contributed by atoms with Crippen molar-refractivity contribution in [3.8, 4) is 0 Å². The molecule has 2 aromatic carbocycles. The fourth-order valence-electron chi connectivity index (χ4n) is 2.52. The van der Waals surface area contributed by atoms with Crippen LogP contribution < -0.4 is 0 Å². The molecule has 0 saturated heterocycles. The van der Waals surface area contributed by atoms with Gasteiger partial charge in [0.25, 0.3) is 0 Å². The Hall–Kier alpha value is -2.62. The highest BCUT2D eigenvalue weighted by atomic mass is 16.4. The van der Waals surface area contributed by atoms with Crippen LogP contribution in [-0.2, 0) is 22.4 Å². The molecule has 0 fully saturated rings. The number of carboxylic acids is 2. The highest BCUT2D eigenvalue weighted by Gasteiger charge is 2.00. The number of hydrogen-bond donors (Lipinski definition) is 2. The number of unbranched alkanes of at least 4 members (excludes halogenated alkanes) is 3. The van der Waals surface area contributed by atoms with Gasteiger partial charge in [0, 0.05) is 0 Å². The van der Waals surface area contributed by atoms with Crippen LogP contribution in [0.15, 0.2) is 60.7 Å². The fraction of sp³-hybridized carbons (Fsp3) is 0.364. The molecule has 4 nitrogen and oxygen atoms in total. The molecule has 140 valence electrons. The lowest BCUT2D eigenvalue weighted by atomic mass is 10.0. The van der Waals surface area contributed by atoms with Gasteiger partial charge >= 0.3 is 11.9 Å². The molecule has 0 radical (unpaired) electrons. The third-order valence-corrected chi connectivity index (χ3v) is 3.92. The van der Waals surface area contributed by atoms with E-state index in [9.17, 15) is 9.59 Å². The van der Waals surface area contributed by atoms with E-state index in [2.05, 4.69) is 60.7 Å². The summed E-state index contributed by atoms with van der Waals surface area (Å²) in [5.74, 6) is -2.15. The lowest BCUT2D eigenvalue weighted by molar-refractivity contribution is -0.143. The maximum absolute atomic E-state index is 9.64. The average molecular weight is 356 g/mol. The summed E-state index contributed by atoms with van der Waals surface area (Å²) >= 11 is 0. The summed E-state index contributed by atoms with van der Waals surface area (Å²) in [4.78, 5) is 19.3. The molecule has 0 aliphatic rings. The zero-order valence-corrected chi connectivity index (χ0v) is 15.1. The SMILES string of the molecule is O=C(O)CCC(=O)O.c1ccc(CCCCCCc2ccccc2)cc1. The molecule has 0 aromatic heterocycles. The van der Waals surface area contributed by atoms with E-state index in [0.29, 0.717) is 0 Å². The zero-order chi connectivity index (χ0) is 19.0. The van der Waals surface area contributed by atoms with Crippen LogP contribution in [0.3, 0.4) is 0 Å². The first-order valence-corrected chi connectivity index (χ1v) is 9.09. The largest absolute Gasteiger partial charge is 0.481 e. The van der Waals surface area contributed by atoms with Crippen LogP contribution >= 0.6 is 0 Å². The zero-order valence-electron chi connectivity index (χ0n) is 15.1. The Morgan fingerprint density at radius 1 is 0.577 bits per heavy atom. The monoisotopic (exact) mass is 356 g/mol. The molecule has 0 saturated carbocycles. The van der Waals surface area contributed by atoms with Gasteiger partial charge in [0.2, 0.25) is 0 Å². The van der Waals surface area contributed by atoms with Crippen molar-refractivity contribution in [2.24, 2.45) is 0 Å². The van der Waals surface area contributed by atoms with Crippen molar-refractivity contribution in [3.63, 3.8) is 0 Å². The maximum Gasteiger partial charge on any atom is 0.303 e. The summed E-state index contributed by atoms with van der Waals surface area (Å²) < 4.78 is 0. The minimum Gasteiger partial charge on any atom is -0.481 e. The third-order valence-electron chi connectivity index (χ3n) is 3.92. The lowest BCUT2D eigenvalue weighted by Gasteiger charge is -2.03. The number of rotatable bonds is 10. The Kier molecular flexibility index (Phi) is 11.2. The quantitative estimate of drug-likeness (QED) is 0.590. The van der Waals surface area contributed by atoms with Crippen molar-refractivity contribution in [3.05, 3.63) is 71.8 Å². The van der Waals surface area contributed by atoms with Gasteiger partial charge in [-0.05, 0) is 36.8 Å². The van der Waals surface area contributed by atoms with Gasteiger partial charge in [-0.3, -0.25) is 9.59 Å². The molecule has 0 aliphatic carbocycles. The Morgan fingerprint density at radius 3 is 1.23 bits per heavy atom. The first-order valence-electron chi connectivity index (χ1n) is 9.09. The molecule has 0 amide bonds. The molecule has 0 aliphatic heterocycles. The topological polar surface area (TPSA) is 74.6 Å². The van der Waals surface area contributed by atoms with Crippen molar-refractivity contribution in [2.75, 3.05) is 0 Å². The number of aliphatic carboxylic acids is 2. The molecule has 2 rings (SSSR count). The lowest BCUT2D eigenvalue weighted by Crippen LogP contribution is -2.00. The molecule has 0 heterocycles. The van der Waals surface area contributed by atoms with Crippen LogP contribution in [0.25, 0.3) is 0 Å². The first-order chi connectivity index (χ1) is 12.6. The number of hydrogen-bond acceptors (Lipinski definition) is 2. The van der Waals surface area contributed by atoms with Crippen LogP contribution in [0, 0.1) is 0 Å². The van der Waals surface area contributed by atoms with Gasteiger partial charge in [-0.1, -0.05) is 73.5 Å². The van der Waals surface area contributed by atoms with Gasteiger partial charge in [0.1, 0.15) is 0 Å².